The van der Waals surface area contributed by atoms with Gasteiger partial charge in [-0.25, -0.2) is 4.98 Å². The largest absolute Gasteiger partial charge is 0.319 e. The fourth-order valence-electron chi connectivity index (χ4n) is 2.92. The van der Waals surface area contributed by atoms with Crippen LogP contribution in [0.4, 0.5) is 11.4 Å². The van der Waals surface area contributed by atoms with Crippen molar-refractivity contribution in [1.29, 1.82) is 0 Å². The molecule has 35 heavy (non-hydrogen) atoms. The number of aromatic nitrogens is 2. The molecule has 0 atom stereocenters. The number of hydrogen-bond acceptors (Lipinski definition) is 6. The molecule has 0 fully saturated rings. The Balaban J connectivity index is 1.75. The van der Waals surface area contributed by atoms with Gasteiger partial charge in [-0.05, 0) is 36.4 Å². The minimum Gasteiger partial charge on any atom is -0.319 e. The van der Waals surface area contributed by atoms with Crippen molar-refractivity contribution in [1.82, 2.24) is 9.97 Å². The van der Waals surface area contributed by atoms with Crippen LogP contribution in [0.3, 0.4) is 0 Å². The summed E-state index contributed by atoms with van der Waals surface area (Å²) in [6, 6.07) is 13.0. The van der Waals surface area contributed by atoms with Gasteiger partial charge < -0.3 is 4.98 Å². The van der Waals surface area contributed by atoms with Crippen molar-refractivity contribution in [3.63, 3.8) is 0 Å². The molecular weight excluding hydrogens is 577 g/mol. The quantitative estimate of drug-likeness (QED) is 0.158. The molecule has 0 bridgehead atoms. The number of para-hydroxylation sites is 2. The lowest BCUT2D eigenvalue weighted by atomic mass is 10.2. The standard InChI is InChI=1S/C22H12Cl6N6O/c23-10-5-12(25)19(13(26)6-10)33-29-9-18(32-34-20-14(27)7-11(24)8-15(20)28)21-22(35)31-17-4-2-1-3-16(17)30-21/h1-9,33-34H,(H,31,35)/b29-9+,32-18-. The van der Waals surface area contributed by atoms with E-state index in [9.17, 15) is 4.79 Å². The molecule has 4 aromatic rings. The summed E-state index contributed by atoms with van der Waals surface area (Å²) in [5.74, 6) is 0. The van der Waals surface area contributed by atoms with E-state index in [1.165, 1.54) is 30.5 Å². The average Bonchev–Trinajstić information content (AvgIpc) is 2.78. The van der Waals surface area contributed by atoms with Gasteiger partial charge in [-0.2, -0.15) is 10.2 Å². The van der Waals surface area contributed by atoms with Crippen LogP contribution in [-0.2, 0) is 0 Å². The first-order valence-corrected chi connectivity index (χ1v) is 11.9. The van der Waals surface area contributed by atoms with Crippen LogP contribution in [0.2, 0.25) is 30.1 Å². The van der Waals surface area contributed by atoms with Gasteiger partial charge in [-0.1, -0.05) is 81.7 Å². The SMILES string of the molecule is O=c1[nH]c2ccccc2nc1C(/C=N/Nc1c(Cl)cc(Cl)cc1Cl)=N\Nc1c(Cl)cc(Cl)cc1Cl. The molecule has 7 nitrogen and oxygen atoms in total. The fraction of sp³-hybridized carbons (Fsp3) is 0. The van der Waals surface area contributed by atoms with E-state index < -0.39 is 5.56 Å². The summed E-state index contributed by atoms with van der Waals surface area (Å²) in [5, 5.41) is 10.1. The van der Waals surface area contributed by atoms with E-state index in [1.54, 1.807) is 24.3 Å². The second-order valence-corrected chi connectivity index (χ2v) is 9.40. The molecule has 1 aromatic heterocycles. The van der Waals surface area contributed by atoms with Crippen molar-refractivity contribution in [2.24, 2.45) is 10.2 Å². The zero-order valence-electron chi connectivity index (χ0n) is 17.2. The van der Waals surface area contributed by atoms with Crippen LogP contribution in [-0.4, -0.2) is 21.9 Å². The summed E-state index contributed by atoms with van der Waals surface area (Å²) < 4.78 is 0. The number of aromatic amines is 1. The molecule has 0 unspecified atom stereocenters. The fourth-order valence-corrected chi connectivity index (χ4v) is 4.72. The van der Waals surface area contributed by atoms with Gasteiger partial charge in [0.1, 0.15) is 5.71 Å². The Morgan fingerprint density at radius 2 is 1.37 bits per heavy atom. The van der Waals surface area contributed by atoms with Gasteiger partial charge in [-0.3, -0.25) is 15.6 Å². The lowest BCUT2D eigenvalue weighted by Crippen LogP contribution is -2.23. The number of anilines is 2. The molecule has 13 heteroatoms. The summed E-state index contributed by atoms with van der Waals surface area (Å²) in [6.45, 7) is 0. The molecule has 0 aliphatic rings. The molecule has 0 saturated carbocycles. The van der Waals surface area contributed by atoms with Crippen molar-refractivity contribution in [3.05, 3.63) is 94.7 Å². The molecular formula is C22H12Cl6N6O. The highest BCUT2D eigenvalue weighted by molar-refractivity contribution is 6.43. The Hall–Kier alpha value is -2.52. The van der Waals surface area contributed by atoms with Crippen LogP contribution in [0.15, 0.2) is 63.5 Å². The van der Waals surface area contributed by atoms with Crippen LogP contribution >= 0.6 is 69.6 Å². The normalized spacial score (nSPS) is 11.9. The number of nitrogens with zero attached hydrogens (tertiary/aromatic N) is 3. The molecule has 0 amide bonds. The first-order chi connectivity index (χ1) is 16.7. The lowest BCUT2D eigenvalue weighted by molar-refractivity contribution is 1.18. The Kier molecular flexibility index (Phi) is 8.06. The second kappa shape index (κ2) is 11.0. The summed E-state index contributed by atoms with van der Waals surface area (Å²) >= 11 is 36.8. The van der Waals surface area contributed by atoms with Crippen molar-refractivity contribution in [2.45, 2.75) is 0 Å². The highest BCUT2D eigenvalue weighted by Gasteiger charge is 2.14. The number of fused-ring (bicyclic) bond motifs is 1. The molecule has 0 saturated heterocycles. The monoisotopic (exact) mass is 586 g/mol. The molecule has 178 valence electrons. The molecule has 0 spiro atoms. The Morgan fingerprint density at radius 3 is 1.97 bits per heavy atom. The number of nitrogens with one attached hydrogen (secondary N) is 3. The smallest absolute Gasteiger partial charge is 0.276 e. The molecule has 0 aliphatic heterocycles. The molecule has 0 aliphatic carbocycles. The Morgan fingerprint density at radius 1 is 0.829 bits per heavy atom. The van der Waals surface area contributed by atoms with Crippen LogP contribution < -0.4 is 16.4 Å². The van der Waals surface area contributed by atoms with Gasteiger partial charge in [0.2, 0.25) is 0 Å². The van der Waals surface area contributed by atoms with Gasteiger partial charge in [-0.15, -0.1) is 0 Å². The number of H-pyrrole nitrogens is 1. The molecule has 3 aromatic carbocycles. The highest BCUT2D eigenvalue weighted by atomic mass is 35.5. The molecule has 1 heterocycles. The van der Waals surface area contributed by atoms with Gasteiger partial charge in [0.25, 0.3) is 5.56 Å². The van der Waals surface area contributed by atoms with E-state index in [1.807, 2.05) is 0 Å². The first kappa shape index (κ1) is 25.6. The number of hydrogen-bond donors (Lipinski definition) is 3. The minimum atomic E-state index is -0.494. The average molecular weight is 589 g/mol. The van der Waals surface area contributed by atoms with Crippen LogP contribution in [0.1, 0.15) is 5.69 Å². The van der Waals surface area contributed by atoms with Crippen LogP contribution in [0.25, 0.3) is 11.0 Å². The zero-order valence-corrected chi connectivity index (χ0v) is 21.7. The number of benzene rings is 3. The predicted molar refractivity (Wildman–Crippen MR) is 148 cm³/mol. The minimum absolute atomic E-state index is 0.0174. The van der Waals surface area contributed by atoms with E-state index >= 15 is 0 Å². The zero-order chi connectivity index (χ0) is 25.1. The molecule has 0 radical (unpaired) electrons. The van der Waals surface area contributed by atoms with Gasteiger partial charge in [0, 0.05) is 10.0 Å². The third-order valence-electron chi connectivity index (χ3n) is 4.51. The number of halogens is 6. The summed E-state index contributed by atoms with van der Waals surface area (Å²) in [7, 11) is 0. The van der Waals surface area contributed by atoms with Crippen LogP contribution in [0, 0.1) is 0 Å². The van der Waals surface area contributed by atoms with E-state index in [4.69, 9.17) is 69.6 Å². The predicted octanol–water partition coefficient (Wildman–Crippen LogP) is 7.76. The highest BCUT2D eigenvalue weighted by Crippen LogP contribution is 2.34. The summed E-state index contributed by atoms with van der Waals surface area (Å²) in [4.78, 5) is 20.0. The van der Waals surface area contributed by atoms with E-state index in [0.29, 0.717) is 26.8 Å². The maximum Gasteiger partial charge on any atom is 0.276 e. The van der Waals surface area contributed by atoms with Gasteiger partial charge in [0.15, 0.2) is 5.69 Å². The molecule has 4 rings (SSSR count). The Bertz CT molecular complexity index is 1510. The second-order valence-electron chi connectivity index (χ2n) is 6.90. The number of hydrazone groups is 2. The third kappa shape index (κ3) is 6.01. The number of rotatable bonds is 6. The van der Waals surface area contributed by atoms with Crippen molar-refractivity contribution >= 4 is 104 Å². The topological polar surface area (TPSA) is 94.5 Å². The van der Waals surface area contributed by atoms with Crippen LogP contribution in [0.5, 0.6) is 0 Å². The maximum atomic E-state index is 12.8. The lowest BCUT2D eigenvalue weighted by Gasteiger charge is -2.09. The third-order valence-corrected chi connectivity index (χ3v) is 6.14. The van der Waals surface area contributed by atoms with E-state index in [-0.39, 0.29) is 37.2 Å². The maximum absolute atomic E-state index is 12.8. The van der Waals surface area contributed by atoms with Gasteiger partial charge in [0.05, 0.1) is 48.7 Å². The Labute approximate surface area is 228 Å². The van der Waals surface area contributed by atoms with Gasteiger partial charge >= 0.3 is 0 Å². The van der Waals surface area contributed by atoms with Crippen molar-refractivity contribution in [3.8, 4) is 0 Å². The van der Waals surface area contributed by atoms with E-state index in [2.05, 4.69) is 31.0 Å². The van der Waals surface area contributed by atoms with Crippen molar-refractivity contribution < 1.29 is 0 Å². The first-order valence-electron chi connectivity index (χ1n) is 9.64. The summed E-state index contributed by atoms with van der Waals surface area (Å²) in [5.41, 5.74) is 6.70. The summed E-state index contributed by atoms with van der Waals surface area (Å²) in [6.07, 6.45) is 1.26. The van der Waals surface area contributed by atoms with Crippen molar-refractivity contribution in [2.75, 3.05) is 10.9 Å². The van der Waals surface area contributed by atoms with E-state index in [0.717, 1.165) is 0 Å². The molecule has 3 N–H and O–H groups in total.